The zero-order valence-corrected chi connectivity index (χ0v) is 15.9. The predicted molar refractivity (Wildman–Crippen MR) is 99.1 cm³/mol. The lowest BCUT2D eigenvalue weighted by atomic mass is 9.53. The summed E-state index contributed by atoms with van der Waals surface area (Å²) in [6, 6.07) is 7.93. The zero-order chi connectivity index (χ0) is 18.2. The molecule has 5 aliphatic rings. The second-order valence-electron chi connectivity index (χ2n) is 9.61. The summed E-state index contributed by atoms with van der Waals surface area (Å²) in [6.07, 6.45) is 6.37. The van der Waals surface area contributed by atoms with Gasteiger partial charge in [0.25, 0.3) is 11.8 Å². The summed E-state index contributed by atoms with van der Waals surface area (Å²) < 4.78 is 0. The average Bonchev–Trinajstić information content (AvgIpc) is 2.59. The Bertz CT molecular complexity index is 739. The van der Waals surface area contributed by atoms with Crippen molar-refractivity contribution in [3.63, 3.8) is 0 Å². The maximum Gasteiger partial charge on any atom is 0.273 e. The maximum absolute atomic E-state index is 13.3. The van der Waals surface area contributed by atoms with E-state index in [1.165, 1.54) is 32.1 Å². The first-order valence-corrected chi connectivity index (χ1v) is 10.1. The molecule has 4 aliphatic carbocycles. The quantitative estimate of drug-likeness (QED) is 0.812. The third kappa shape index (κ3) is 2.14. The highest BCUT2D eigenvalue weighted by molar-refractivity contribution is 6.04. The van der Waals surface area contributed by atoms with E-state index in [2.05, 4.69) is 0 Å². The molecule has 4 heteroatoms. The first-order chi connectivity index (χ1) is 12.4. The van der Waals surface area contributed by atoms with Crippen LogP contribution in [-0.4, -0.2) is 33.4 Å². The Labute approximate surface area is 155 Å². The van der Waals surface area contributed by atoms with Crippen LogP contribution in [0.15, 0.2) is 24.3 Å². The highest BCUT2D eigenvalue weighted by atomic mass is 16.2. The number of hydrogen-bond donors (Lipinski definition) is 0. The van der Waals surface area contributed by atoms with Gasteiger partial charge in [0.05, 0.1) is 6.04 Å². The number of aryl methyl sites for hydroxylation is 1. The molecular weight excluding hydrogens is 324 g/mol. The van der Waals surface area contributed by atoms with Crippen molar-refractivity contribution in [3.8, 4) is 0 Å². The molecule has 1 aliphatic heterocycles. The minimum absolute atomic E-state index is 0.0385. The molecule has 4 saturated carbocycles. The zero-order valence-electron chi connectivity index (χ0n) is 15.9. The average molecular weight is 352 g/mol. The first kappa shape index (κ1) is 16.3. The number of hydrazine groups is 1. The van der Waals surface area contributed by atoms with Gasteiger partial charge in [-0.2, -0.15) is 0 Å². The van der Waals surface area contributed by atoms with Crippen molar-refractivity contribution in [1.29, 1.82) is 0 Å². The van der Waals surface area contributed by atoms with E-state index < -0.39 is 5.54 Å². The van der Waals surface area contributed by atoms with Crippen LogP contribution in [-0.2, 0) is 4.79 Å². The SMILES string of the molecule is Cc1ccc(C(=O)N2N(C3C4CC5CC(C4)CC3C5)C(=O)C2(C)C)cc1. The third-order valence-corrected chi connectivity index (χ3v) is 7.43. The van der Waals surface area contributed by atoms with Gasteiger partial charge in [-0.15, -0.1) is 0 Å². The minimum Gasteiger partial charge on any atom is -0.270 e. The highest BCUT2D eigenvalue weighted by Gasteiger charge is 2.62. The smallest absolute Gasteiger partial charge is 0.270 e. The second-order valence-corrected chi connectivity index (χ2v) is 9.61. The van der Waals surface area contributed by atoms with Crippen molar-refractivity contribution in [2.24, 2.45) is 23.7 Å². The van der Waals surface area contributed by atoms with Gasteiger partial charge >= 0.3 is 0 Å². The van der Waals surface area contributed by atoms with Gasteiger partial charge in [-0.1, -0.05) is 17.7 Å². The molecule has 6 rings (SSSR count). The Morgan fingerprint density at radius 3 is 2.04 bits per heavy atom. The number of benzene rings is 1. The van der Waals surface area contributed by atoms with Crippen LogP contribution in [0.2, 0.25) is 0 Å². The number of nitrogens with zero attached hydrogens (tertiary/aromatic N) is 2. The van der Waals surface area contributed by atoms with Gasteiger partial charge in [-0.3, -0.25) is 9.59 Å². The first-order valence-electron chi connectivity index (χ1n) is 10.1. The number of amides is 2. The third-order valence-electron chi connectivity index (χ3n) is 7.43. The van der Waals surface area contributed by atoms with Crippen molar-refractivity contribution in [2.45, 2.75) is 64.5 Å². The Kier molecular flexibility index (Phi) is 3.35. The molecule has 1 aromatic carbocycles. The van der Waals surface area contributed by atoms with E-state index in [-0.39, 0.29) is 17.9 Å². The molecule has 0 unspecified atom stereocenters. The minimum atomic E-state index is -0.739. The van der Waals surface area contributed by atoms with Crippen LogP contribution >= 0.6 is 0 Å². The van der Waals surface area contributed by atoms with Crippen LogP contribution in [0.1, 0.15) is 61.9 Å². The molecular formula is C22H28N2O2. The molecule has 2 amide bonds. The Morgan fingerprint density at radius 2 is 1.50 bits per heavy atom. The lowest BCUT2D eigenvalue weighted by Crippen LogP contribution is -2.80. The molecule has 0 spiro atoms. The largest absolute Gasteiger partial charge is 0.273 e. The fourth-order valence-electron chi connectivity index (χ4n) is 6.42. The number of hydrogen-bond acceptors (Lipinski definition) is 2. The summed E-state index contributed by atoms with van der Waals surface area (Å²) in [5, 5.41) is 3.64. The van der Waals surface area contributed by atoms with E-state index in [4.69, 9.17) is 0 Å². The van der Waals surface area contributed by atoms with E-state index in [1.54, 1.807) is 5.01 Å². The maximum atomic E-state index is 13.3. The van der Waals surface area contributed by atoms with E-state index in [0.29, 0.717) is 17.4 Å². The summed E-state index contributed by atoms with van der Waals surface area (Å²) in [5.41, 5.74) is 1.07. The fourth-order valence-corrected chi connectivity index (χ4v) is 6.42. The summed E-state index contributed by atoms with van der Waals surface area (Å²) in [7, 11) is 0. The molecule has 5 fully saturated rings. The Morgan fingerprint density at radius 1 is 0.962 bits per heavy atom. The van der Waals surface area contributed by atoms with Gasteiger partial charge in [0.2, 0.25) is 0 Å². The molecule has 0 radical (unpaired) electrons. The van der Waals surface area contributed by atoms with Crippen molar-refractivity contribution >= 4 is 11.8 Å². The normalized spacial score (nSPS) is 37.0. The van der Waals surface area contributed by atoms with E-state index in [1.807, 2.05) is 50.0 Å². The van der Waals surface area contributed by atoms with Gasteiger partial charge in [0, 0.05) is 5.56 Å². The molecule has 26 heavy (non-hydrogen) atoms. The van der Waals surface area contributed by atoms with Crippen molar-refractivity contribution in [1.82, 2.24) is 10.0 Å². The molecule has 0 aromatic heterocycles. The summed E-state index contributed by atoms with van der Waals surface area (Å²) >= 11 is 0. The number of rotatable bonds is 2. The van der Waals surface area contributed by atoms with Crippen molar-refractivity contribution in [3.05, 3.63) is 35.4 Å². The van der Waals surface area contributed by atoms with Crippen molar-refractivity contribution < 1.29 is 9.59 Å². The molecule has 138 valence electrons. The van der Waals surface area contributed by atoms with Gasteiger partial charge in [-0.05, 0) is 88.7 Å². The lowest BCUT2D eigenvalue weighted by molar-refractivity contribution is -0.230. The Hall–Kier alpha value is -1.84. The molecule has 4 nitrogen and oxygen atoms in total. The van der Waals surface area contributed by atoms with E-state index in [9.17, 15) is 9.59 Å². The molecule has 4 bridgehead atoms. The van der Waals surface area contributed by atoms with Gasteiger partial charge < -0.3 is 0 Å². The monoisotopic (exact) mass is 352 g/mol. The topological polar surface area (TPSA) is 40.6 Å². The highest BCUT2D eigenvalue weighted by Crippen LogP contribution is 2.57. The molecule has 1 heterocycles. The van der Waals surface area contributed by atoms with E-state index >= 15 is 0 Å². The standard InChI is InChI=1S/C22H28N2O2/c1-13-4-6-16(7-5-13)20(25)24-22(2,3)21(26)23(24)19-17-9-14-8-15(11-17)12-18(19)10-14/h4-7,14-15,17-19H,8-12H2,1-3H3. The lowest BCUT2D eigenvalue weighted by Gasteiger charge is -2.65. The van der Waals surface area contributed by atoms with Gasteiger partial charge in [-0.25, -0.2) is 10.0 Å². The summed E-state index contributed by atoms with van der Waals surface area (Å²) in [5.74, 6) is 2.97. The molecule has 0 N–H and O–H groups in total. The molecule has 0 atom stereocenters. The van der Waals surface area contributed by atoms with Crippen molar-refractivity contribution in [2.75, 3.05) is 0 Å². The predicted octanol–water partition coefficient (Wildman–Crippen LogP) is 3.80. The summed E-state index contributed by atoms with van der Waals surface area (Å²) in [6.45, 7) is 5.79. The number of carbonyl (C=O) groups is 2. The van der Waals surface area contributed by atoms with Crippen LogP contribution in [0.3, 0.4) is 0 Å². The second kappa shape index (κ2) is 5.34. The van der Waals surface area contributed by atoms with Crippen LogP contribution in [0, 0.1) is 30.6 Å². The summed E-state index contributed by atoms with van der Waals surface area (Å²) in [4.78, 5) is 26.3. The van der Waals surface area contributed by atoms with Crippen LogP contribution in [0.4, 0.5) is 0 Å². The van der Waals surface area contributed by atoms with E-state index in [0.717, 1.165) is 17.4 Å². The molecule has 1 aromatic rings. The van der Waals surface area contributed by atoms with Crippen LogP contribution in [0.5, 0.6) is 0 Å². The van der Waals surface area contributed by atoms with Gasteiger partial charge in [0.15, 0.2) is 0 Å². The van der Waals surface area contributed by atoms with Crippen LogP contribution < -0.4 is 0 Å². The Balaban J connectivity index is 1.47. The number of carbonyl (C=O) groups excluding carboxylic acids is 2. The molecule has 1 saturated heterocycles. The van der Waals surface area contributed by atoms with Gasteiger partial charge in [0.1, 0.15) is 5.54 Å². The fraction of sp³-hybridized carbons (Fsp3) is 0.636. The van der Waals surface area contributed by atoms with Crippen LogP contribution in [0.25, 0.3) is 0 Å².